The van der Waals surface area contributed by atoms with Crippen LogP contribution in [0.15, 0.2) is 29.4 Å². The molecule has 1 heterocycles. The van der Waals surface area contributed by atoms with Crippen LogP contribution in [0.3, 0.4) is 0 Å². The van der Waals surface area contributed by atoms with E-state index in [0.29, 0.717) is 12.8 Å². The quantitative estimate of drug-likeness (QED) is 0.602. The van der Waals surface area contributed by atoms with Gasteiger partial charge in [-0.1, -0.05) is 38.3 Å². The number of hydrogen-bond acceptors (Lipinski definition) is 4. The van der Waals surface area contributed by atoms with Crippen molar-refractivity contribution in [1.82, 2.24) is 5.01 Å². The normalized spacial score (nSPS) is 20.7. The predicted octanol–water partition coefficient (Wildman–Crippen LogP) is 3.69. The standard InChI is InChI=1S/C17H22F3N3O2/c1-2-3-4-5-8-12-11-16(25,17(18,19)20)23(22-12)15(24)13-9-6-7-10-14(13)21/h6-7,9-10,25H,2-5,8,11,21H2,1H3/t16-/m0/s1. The average Bonchev–Trinajstić information content (AvgIpc) is 2.89. The Kier molecular flexibility index (Phi) is 5.72. The lowest BCUT2D eigenvalue weighted by Gasteiger charge is -2.32. The smallest absolute Gasteiger partial charge is 0.398 e. The predicted molar refractivity (Wildman–Crippen MR) is 88.8 cm³/mol. The highest BCUT2D eigenvalue weighted by molar-refractivity contribution is 6.01. The van der Waals surface area contributed by atoms with Gasteiger partial charge in [0.15, 0.2) is 0 Å². The van der Waals surface area contributed by atoms with Crippen molar-refractivity contribution in [2.45, 2.75) is 57.3 Å². The van der Waals surface area contributed by atoms with Gasteiger partial charge in [0.05, 0.1) is 5.56 Å². The highest BCUT2D eigenvalue weighted by atomic mass is 19.4. The van der Waals surface area contributed by atoms with Crippen molar-refractivity contribution < 1.29 is 23.1 Å². The lowest BCUT2D eigenvalue weighted by molar-refractivity contribution is -0.297. The fourth-order valence-corrected chi connectivity index (χ4v) is 2.75. The number of hydrazone groups is 1. The molecule has 25 heavy (non-hydrogen) atoms. The fraction of sp³-hybridized carbons (Fsp3) is 0.529. The van der Waals surface area contributed by atoms with Crippen molar-refractivity contribution in [1.29, 1.82) is 0 Å². The summed E-state index contributed by atoms with van der Waals surface area (Å²) in [5, 5.41) is 14.1. The Balaban J connectivity index is 2.28. The Hall–Kier alpha value is -2.09. The van der Waals surface area contributed by atoms with Gasteiger partial charge in [-0.15, -0.1) is 0 Å². The molecule has 1 aromatic carbocycles. The number of carbonyl (C=O) groups excluding carboxylic acids is 1. The number of amides is 1. The number of anilines is 1. The highest BCUT2D eigenvalue weighted by Gasteiger charge is 2.63. The molecule has 0 fully saturated rings. The molecule has 2 rings (SSSR count). The molecule has 1 aliphatic heterocycles. The number of aliphatic hydroxyl groups is 1. The van der Waals surface area contributed by atoms with Crippen LogP contribution < -0.4 is 5.73 Å². The molecular weight excluding hydrogens is 335 g/mol. The lowest BCUT2D eigenvalue weighted by atomic mass is 10.0. The zero-order chi connectivity index (χ0) is 18.7. The molecule has 0 unspecified atom stereocenters. The van der Waals surface area contributed by atoms with E-state index in [-0.39, 0.29) is 22.0 Å². The summed E-state index contributed by atoms with van der Waals surface area (Å²) in [6, 6.07) is 5.77. The van der Waals surface area contributed by atoms with Gasteiger partial charge >= 0.3 is 6.18 Å². The third-order valence-electron chi connectivity index (χ3n) is 4.20. The number of hydrogen-bond donors (Lipinski definition) is 2. The largest absolute Gasteiger partial charge is 0.438 e. The first-order valence-corrected chi connectivity index (χ1v) is 8.25. The van der Waals surface area contributed by atoms with Crippen molar-refractivity contribution in [2.24, 2.45) is 5.10 Å². The van der Waals surface area contributed by atoms with Crippen LogP contribution in [0.25, 0.3) is 0 Å². The van der Waals surface area contributed by atoms with Gasteiger partial charge in [-0.05, 0) is 25.0 Å². The maximum absolute atomic E-state index is 13.4. The maximum Gasteiger partial charge on any atom is 0.438 e. The van der Waals surface area contributed by atoms with Gasteiger partial charge in [0.1, 0.15) is 0 Å². The molecule has 0 bridgehead atoms. The van der Waals surface area contributed by atoms with Crippen LogP contribution in [-0.2, 0) is 0 Å². The Morgan fingerprint density at radius 1 is 1.32 bits per heavy atom. The average molecular weight is 357 g/mol. The van der Waals surface area contributed by atoms with Crippen molar-refractivity contribution in [3.63, 3.8) is 0 Å². The molecule has 0 saturated carbocycles. The zero-order valence-electron chi connectivity index (χ0n) is 14.0. The number of para-hydroxylation sites is 1. The molecule has 1 aromatic rings. The molecular formula is C17H22F3N3O2. The van der Waals surface area contributed by atoms with E-state index in [1.165, 1.54) is 18.2 Å². The van der Waals surface area contributed by atoms with Gasteiger partial charge in [-0.3, -0.25) is 4.79 Å². The van der Waals surface area contributed by atoms with E-state index in [1.807, 2.05) is 6.92 Å². The van der Waals surface area contributed by atoms with Crippen molar-refractivity contribution in [3.05, 3.63) is 29.8 Å². The third kappa shape index (κ3) is 3.95. The highest BCUT2D eigenvalue weighted by Crippen LogP contribution is 2.42. The fourth-order valence-electron chi connectivity index (χ4n) is 2.75. The SMILES string of the molecule is CCCCCCC1=NN(C(=O)c2ccccc2N)[C@@](O)(C(F)(F)F)C1. The second kappa shape index (κ2) is 7.43. The third-order valence-corrected chi connectivity index (χ3v) is 4.20. The second-order valence-electron chi connectivity index (χ2n) is 6.17. The van der Waals surface area contributed by atoms with E-state index >= 15 is 0 Å². The molecule has 0 radical (unpaired) electrons. The molecule has 138 valence electrons. The Morgan fingerprint density at radius 2 is 2.00 bits per heavy atom. The van der Waals surface area contributed by atoms with Gasteiger partial charge in [0, 0.05) is 17.8 Å². The van der Waals surface area contributed by atoms with Crippen LogP contribution in [0, 0.1) is 0 Å². The minimum absolute atomic E-state index is 0.0311. The summed E-state index contributed by atoms with van der Waals surface area (Å²) in [7, 11) is 0. The van der Waals surface area contributed by atoms with E-state index in [1.54, 1.807) is 6.07 Å². The van der Waals surface area contributed by atoms with Gasteiger partial charge in [0.2, 0.25) is 0 Å². The van der Waals surface area contributed by atoms with E-state index in [2.05, 4.69) is 5.10 Å². The number of nitrogens with two attached hydrogens (primary N) is 1. The lowest BCUT2D eigenvalue weighted by Crippen LogP contribution is -2.56. The number of nitrogen functional groups attached to an aromatic ring is 1. The van der Waals surface area contributed by atoms with E-state index in [4.69, 9.17) is 5.73 Å². The van der Waals surface area contributed by atoms with Crippen molar-refractivity contribution >= 4 is 17.3 Å². The van der Waals surface area contributed by atoms with E-state index in [9.17, 15) is 23.1 Å². The Labute approximate surface area is 144 Å². The van der Waals surface area contributed by atoms with Crippen LogP contribution >= 0.6 is 0 Å². The molecule has 0 aliphatic carbocycles. The van der Waals surface area contributed by atoms with Gasteiger partial charge in [-0.2, -0.15) is 23.3 Å². The molecule has 0 aromatic heterocycles. The van der Waals surface area contributed by atoms with Crippen molar-refractivity contribution in [2.75, 3.05) is 5.73 Å². The molecule has 1 aliphatic rings. The molecule has 1 atom stereocenters. The van der Waals surface area contributed by atoms with Gasteiger partial charge in [0.25, 0.3) is 11.6 Å². The maximum atomic E-state index is 13.4. The van der Waals surface area contributed by atoms with Crippen molar-refractivity contribution in [3.8, 4) is 0 Å². The number of benzene rings is 1. The summed E-state index contributed by atoms with van der Waals surface area (Å²) in [6.07, 6.45) is -1.96. The molecule has 3 N–H and O–H groups in total. The summed E-state index contributed by atoms with van der Waals surface area (Å²) in [4.78, 5) is 12.5. The summed E-state index contributed by atoms with van der Waals surface area (Å²) in [5.41, 5.74) is 2.41. The first-order chi connectivity index (χ1) is 11.7. The number of unbranched alkanes of at least 4 members (excludes halogenated alkanes) is 3. The number of halogens is 3. The molecule has 1 amide bonds. The van der Waals surface area contributed by atoms with Crippen LogP contribution in [0.2, 0.25) is 0 Å². The summed E-state index contributed by atoms with van der Waals surface area (Å²) in [5.74, 6) is -1.07. The molecule has 8 heteroatoms. The van der Waals surface area contributed by atoms with E-state index in [0.717, 1.165) is 19.3 Å². The van der Waals surface area contributed by atoms with Crippen LogP contribution in [-0.4, -0.2) is 33.6 Å². The van der Waals surface area contributed by atoms with Crippen LogP contribution in [0.1, 0.15) is 55.8 Å². The minimum Gasteiger partial charge on any atom is -0.398 e. The van der Waals surface area contributed by atoms with Crippen LogP contribution in [0.4, 0.5) is 18.9 Å². The monoisotopic (exact) mass is 357 g/mol. The minimum atomic E-state index is -5.03. The zero-order valence-corrected chi connectivity index (χ0v) is 14.0. The topological polar surface area (TPSA) is 78.9 Å². The summed E-state index contributed by atoms with van der Waals surface area (Å²) >= 11 is 0. The molecule has 0 saturated heterocycles. The number of rotatable bonds is 6. The summed E-state index contributed by atoms with van der Waals surface area (Å²) in [6.45, 7) is 2.03. The first kappa shape index (κ1) is 19.2. The number of nitrogens with zero attached hydrogens (tertiary/aromatic N) is 2. The summed E-state index contributed by atoms with van der Waals surface area (Å²) < 4.78 is 40.3. The number of carbonyl (C=O) groups is 1. The Bertz CT molecular complexity index is 661. The van der Waals surface area contributed by atoms with Gasteiger partial charge < -0.3 is 10.8 Å². The second-order valence-corrected chi connectivity index (χ2v) is 6.17. The van der Waals surface area contributed by atoms with Gasteiger partial charge in [-0.25, -0.2) is 0 Å². The van der Waals surface area contributed by atoms with Crippen LogP contribution in [0.5, 0.6) is 0 Å². The number of alkyl halides is 3. The Morgan fingerprint density at radius 3 is 2.60 bits per heavy atom. The first-order valence-electron chi connectivity index (χ1n) is 8.25. The van der Waals surface area contributed by atoms with E-state index < -0.39 is 24.2 Å². The molecule has 0 spiro atoms. The molecule has 5 nitrogen and oxygen atoms in total.